The first kappa shape index (κ1) is 27.1. The van der Waals surface area contributed by atoms with Gasteiger partial charge in [0.2, 0.25) is 11.4 Å². The van der Waals surface area contributed by atoms with Crippen LogP contribution in [0.25, 0.3) is 33.6 Å². The molecule has 0 radical (unpaired) electrons. The number of benzene rings is 3. The second-order valence-electron chi connectivity index (χ2n) is 12.0. The molecule has 3 heterocycles. The van der Waals surface area contributed by atoms with Gasteiger partial charge < -0.3 is 0 Å². The fourth-order valence-electron chi connectivity index (χ4n) is 7.13. The predicted molar refractivity (Wildman–Crippen MR) is 170 cm³/mol. The Kier molecular flexibility index (Phi) is 7.34. The van der Waals surface area contributed by atoms with Crippen molar-refractivity contribution in [1.29, 1.82) is 0 Å². The molecule has 0 aliphatic carbocycles. The molecular weight excluding hydrogens is 496 g/mol. The molecule has 0 bridgehead atoms. The van der Waals surface area contributed by atoms with E-state index in [9.17, 15) is 0 Å². The third-order valence-corrected chi connectivity index (χ3v) is 9.52. The second-order valence-corrected chi connectivity index (χ2v) is 12.0. The van der Waals surface area contributed by atoms with E-state index in [1.165, 1.54) is 55.9 Å². The van der Waals surface area contributed by atoms with Gasteiger partial charge in [0.25, 0.3) is 0 Å². The highest BCUT2D eigenvalue weighted by molar-refractivity contribution is 5.70. The van der Waals surface area contributed by atoms with Crippen molar-refractivity contribution in [2.24, 2.45) is 0 Å². The Hall–Kier alpha value is -4.04. The minimum atomic E-state index is 0.0173. The van der Waals surface area contributed by atoms with E-state index >= 15 is 0 Å². The number of rotatable bonds is 6. The van der Waals surface area contributed by atoms with E-state index in [0.29, 0.717) is 5.92 Å². The molecule has 2 nitrogen and oxygen atoms in total. The summed E-state index contributed by atoms with van der Waals surface area (Å²) in [4.78, 5) is 0. The van der Waals surface area contributed by atoms with Crippen molar-refractivity contribution in [2.45, 2.75) is 71.9 Å². The van der Waals surface area contributed by atoms with Crippen LogP contribution in [0.2, 0.25) is 0 Å². The zero-order valence-corrected chi connectivity index (χ0v) is 25.2. The van der Waals surface area contributed by atoms with Crippen molar-refractivity contribution in [2.75, 3.05) is 0 Å². The Morgan fingerprint density at radius 3 is 2.07 bits per heavy atom. The molecule has 2 aromatic heterocycles. The van der Waals surface area contributed by atoms with Crippen LogP contribution in [0.5, 0.6) is 0 Å². The van der Waals surface area contributed by atoms with Gasteiger partial charge in [-0.15, -0.1) is 0 Å². The lowest BCUT2D eigenvalue weighted by atomic mass is 9.80. The van der Waals surface area contributed by atoms with E-state index in [1.54, 1.807) is 0 Å². The van der Waals surface area contributed by atoms with Crippen molar-refractivity contribution in [3.05, 3.63) is 132 Å². The molecule has 0 N–H and O–H groups in total. The van der Waals surface area contributed by atoms with E-state index in [4.69, 9.17) is 0 Å². The molecule has 3 aromatic carbocycles. The summed E-state index contributed by atoms with van der Waals surface area (Å²) in [6.07, 6.45) is 8.09. The zero-order chi connectivity index (χ0) is 28.6. The molecule has 0 saturated heterocycles. The standard InChI is InChI=1S/C39H42N2/c1-6-39(7-2)24-32(26-40-25-28(3)21-22-37(40)33-18-12-11-15-29(33)4)34-19-13-14-20-35(34)38-23-30(5)36(27-41(38)39)31-16-9-8-10-17-31/h8-23,25,27,32H,6-7,24,26H2,1-5H3/q+2. The van der Waals surface area contributed by atoms with Gasteiger partial charge in [0.1, 0.15) is 0 Å². The number of hydrogen-bond acceptors (Lipinski definition) is 0. The van der Waals surface area contributed by atoms with Crippen LogP contribution in [-0.2, 0) is 12.1 Å². The first-order valence-corrected chi connectivity index (χ1v) is 15.2. The summed E-state index contributed by atoms with van der Waals surface area (Å²) in [5.41, 5.74) is 13.3. The number of fused-ring (bicyclic) bond motifs is 3. The van der Waals surface area contributed by atoms with Crippen molar-refractivity contribution >= 4 is 0 Å². The van der Waals surface area contributed by atoms with E-state index in [2.05, 4.69) is 153 Å². The van der Waals surface area contributed by atoms with Crippen LogP contribution in [-0.4, -0.2) is 0 Å². The molecule has 2 heteroatoms. The molecule has 0 amide bonds. The Bertz CT molecular complexity index is 1690. The van der Waals surface area contributed by atoms with E-state index in [1.807, 2.05) is 0 Å². The van der Waals surface area contributed by atoms with Gasteiger partial charge in [-0.05, 0) is 61.2 Å². The molecule has 1 unspecified atom stereocenters. The van der Waals surface area contributed by atoms with Gasteiger partial charge in [-0.3, -0.25) is 0 Å². The SMILES string of the molecule is CCC1(CC)CC(C[n+]2cc(C)ccc2-c2ccccc2C)c2ccccc2-c2cc(C)c(-c3ccccc3)c[n+]21. The maximum atomic E-state index is 2.66. The topological polar surface area (TPSA) is 7.76 Å². The van der Waals surface area contributed by atoms with Gasteiger partial charge in [-0.2, -0.15) is 9.13 Å². The van der Waals surface area contributed by atoms with Gasteiger partial charge in [0.15, 0.2) is 24.5 Å². The lowest BCUT2D eigenvalue weighted by molar-refractivity contribution is -0.759. The molecule has 0 fully saturated rings. The first-order chi connectivity index (χ1) is 19.9. The average molecular weight is 539 g/mol. The number of nitrogens with zero attached hydrogens (tertiary/aromatic N) is 2. The van der Waals surface area contributed by atoms with Gasteiger partial charge in [-0.25, -0.2) is 0 Å². The summed E-state index contributed by atoms with van der Waals surface area (Å²) in [5.74, 6) is 0.376. The summed E-state index contributed by atoms with van der Waals surface area (Å²) in [7, 11) is 0. The molecule has 1 aliphatic heterocycles. The molecule has 0 spiro atoms. The van der Waals surface area contributed by atoms with E-state index in [-0.39, 0.29) is 5.54 Å². The van der Waals surface area contributed by atoms with Gasteiger partial charge in [-0.1, -0.05) is 80.6 Å². The minimum absolute atomic E-state index is 0.0173. The third kappa shape index (κ3) is 4.90. The Morgan fingerprint density at radius 2 is 1.34 bits per heavy atom. The molecule has 206 valence electrons. The van der Waals surface area contributed by atoms with Crippen LogP contribution >= 0.6 is 0 Å². The third-order valence-electron chi connectivity index (χ3n) is 9.52. The summed E-state index contributed by atoms with van der Waals surface area (Å²) in [6.45, 7) is 12.4. The smallest absolute Gasteiger partial charge is 0.197 e. The minimum Gasteiger partial charge on any atom is -0.197 e. The van der Waals surface area contributed by atoms with Crippen LogP contribution in [0.3, 0.4) is 0 Å². The highest BCUT2D eigenvalue weighted by atomic mass is 15.1. The van der Waals surface area contributed by atoms with E-state index in [0.717, 1.165) is 25.8 Å². The Morgan fingerprint density at radius 1 is 0.659 bits per heavy atom. The van der Waals surface area contributed by atoms with Crippen molar-refractivity contribution in [3.63, 3.8) is 0 Å². The summed E-state index contributed by atoms with van der Waals surface area (Å²) in [5, 5.41) is 0. The molecule has 6 rings (SSSR count). The molecule has 1 aliphatic rings. The maximum Gasteiger partial charge on any atom is 0.213 e. The lowest BCUT2D eigenvalue weighted by Crippen LogP contribution is -2.57. The number of hydrogen-bond donors (Lipinski definition) is 0. The van der Waals surface area contributed by atoms with Gasteiger partial charge in [0.05, 0.1) is 5.92 Å². The molecule has 41 heavy (non-hydrogen) atoms. The van der Waals surface area contributed by atoms with E-state index < -0.39 is 0 Å². The van der Waals surface area contributed by atoms with Crippen LogP contribution < -0.4 is 9.13 Å². The highest BCUT2D eigenvalue weighted by Crippen LogP contribution is 2.42. The lowest BCUT2D eigenvalue weighted by Gasteiger charge is -2.29. The normalized spacial score (nSPS) is 15.6. The second kappa shape index (κ2) is 11.1. The number of aryl methyl sites for hydroxylation is 3. The number of pyridine rings is 2. The molecular formula is C39H42N2+2. The van der Waals surface area contributed by atoms with Crippen LogP contribution in [0, 0.1) is 20.8 Å². The maximum absolute atomic E-state index is 2.66. The van der Waals surface area contributed by atoms with Gasteiger partial charge >= 0.3 is 0 Å². The zero-order valence-electron chi connectivity index (χ0n) is 25.2. The highest BCUT2D eigenvalue weighted by Gasteiger charge is 2.46. The number of aromatic nitrogens is 2. The van der Waals surface area contributed by atoms with Crippen molar-refractivity contribution < 1.29 is 9.13 Å². The van der Waals surface area contributed by atoms with Crippen LogP contribution in [0.1, 0.15) is 61.3 Å². The van der Waals surface area contributed by atoms with Gasteiger partial charge in [0, 0.05) is 53.6 Å². The Labute approximate surface area is 246 Å². The summed E-state index contributed by atoms with van der Waals surface area (Å²) >= 11 is 0. The van der Waals surface area contributed by atoms with Crippen LogP contribution in [0.4, 0.5) is 0 Å². The van der Waals surface area contributed by atoms with Crippen molar-refractivity contribution in [3.8, 4) is 33.6 Å². The fraction of sp³-hybridized carbons (Fsp3) is 0.282. The predicted octanol–water partition coefficient (Wildman–Crippen LogP) is 8.89. The van der Waals surface area contributed by atoms with Crippen LogP contribution in [0.15, 0.2) is 109 Å². The fourth-order valence-corrected chi connectivity index (χ4v) is 7.13. The Balaban J connectivity index is 1.54. The monoisotopic (exact) mass is 538 g/mol. The average Bonchev–Trinajstić information content (AvgIpc) is 3.11. The molecule has 0 saturated carbocycles. The molecule has 5 aromatic rings. The summed E-state index contributed by atoms with van der Waals surface area (Å²) < 4.78 is 5.18. The first-order valence-electron chi connectivity index (χ1n) is 15.2. The molecule has 1 atom stereocenters. The van der Waals surface area contributed by atoms with Crippen molar-refractivity contribution in [1.82, 2.24) is 0 Å². The quantitative estimate of drug-likeness (QED) is 0.191. The summed E-state index contributed by atoms with van der Waals surface area (Å²) in [6, 6.07) is 35.8. The largest absolute Gasteiger partial charge is 0.213 e.